The molecule has 0 aliphatic heterocycles. The van der Waals surface area contributed by atoms with Crippen LogP contribution in [0.3, 0.4) is 0 Å². The van der Waals surface area contributed by atoms with Crippen LogP contribution in [0, 0.1) is 5.92 Å². The molecule has 1 aliphatic carbocycles. The first-order chi connectivity index (χ1) is 8.77. The first-order valence-corrected chi connectivity index (χ1v) is 6.35. The van der Waals surface area contributed by atoms with Crippen LogP contribution in [0.25, 0.3) is 0 Å². The zero-order valence-electron chi connectivity index (χ0n) is 10.2. The molecule has 0 heterocycles. The van der Waals surface area contributed by atoms with Gasteiger partial charge in [-0.15, -0.1) is 0 Å². The molecule has 3 unspecified atom stereocenters. The monoisotopic (exact) mass is 239 g/mol. The van der Waals surface area contributed by atoms with Gasteiger partial charge in [-0.25, -0.2) is 0 Å². The van der Waals surface area contributed by atoms with E-state index in [1.54, 1.807) is 0 Å². The van der Waals surface area contributed by atoms with Gasteiger partial charge in [-0.05, 0) is 29.9 Å². The molecular weight excluding hydrogens is 222 g/mol. The topological polar surface area (TPSA) is 46.2 Å². The Balaban J connectivity index is 1.77. The van der Waals surface area contributed by atoms with E-state index in [4.69, 9.17) is 5.73 Å². The van der Waals surface area contributed by atoms with E-state index in [0.717, 1.165) is 12.0 Å². The molecular formula is C16H17NO. The van der Waals surface area contributed by atoms with Gasteiger partial charge in [0.05, 0.1) is 6.10 Å². The van der Waals surface area contributed by atoms with Crippen LogP contribution in [0.5, 0.6) is 0 Å². The highest BCUT2D eigenvalue weighted by molar-refractivity contribution is 5.48. The van der Waals surface area contributed by atoms with Crippen LogP contribution in [0.2, 0.25) is 0 Å². The number of nitrogens with two attached hydrogens (primary N) is 1. The van der Waals surface area contributed by atoms with Crippen molar-refractivity contribution in [2.45, 2.75) is 18.4 Å². The zero-order chi connectivity index (χ0) is 12.5. The van der Waals surface area contributed by atoms with Gasteiger partial charge >= 0.3 is 0 Å². The minimum absolute atomic E-state index is 0.303. The third-order valence-corrected chi connectivity index (χ3v) is 3.79. The van der Waals surface area contributed by atoms with Gasteiger partial charge in [0.1, 0.15) is 0 Å². The third kappa shape index (κ3) is 2.00. The molecule has 92 valence electrons. The molecule has 2 nitrogen and oxygen atoms in total. The first kappa shape index (κ1) is 11.3. The normalized spacial score (nSPS) is 23.6. The number of hydrogen-bond donors (Lipinski definition) is 2. The number of aliphatic hydroxyl groups excluding tert-OH is 1. The van der Waals surface area contributed by atoms with Gasteiger partial charge in [-0.2, -0.15) is 0 Å². The molecule has 0 saturated heterocycles. The maximum atomic E-state index is 10.4. The van der Waals surface area contributed by atoms with Crippen LogP contribution < -0.4 is 5.73 Å². The van der Waals surface area contributed by atoms with Crippen molar-refractivity contribution >= 4 is 5.69 Å². The average molecular weight is 239 g/mol. The summed E-state index contributed by atoms with van der Waals surface area (Å²) in [5.74, 6) is 0.776. The van der Waals surface area contributed by atoms with E-state index in [-0.39, 0.29) is 0 Å². The number of hydrogen-bond acceptors (Lipinski definition) is 2. The van der Waals surface area contributed by atoms with E-state index in [9.17, 15) is 5.11 Å². The van der Waals surface area contributed by atoms with Crippen molar-refractivity contribution in [3.63, 3.8) is 0 Å². The minimum atomic E-state index is -0.448. The fourth-order valence-electron chi connectivity index (χ4n) is 2.66. The van der Waals surface area contributed by atoms with Crippen molar-refractivity contribution in [3.05, 3.63) is 65.7 Å². The van der Waals surface area contributed by atoms with Gasteiger partial charge in [0.25, 0.3) is 0 Å². The molecule has 0 spiro atoms. The number of rotatable bonds is 3. The van der Waals surface area contributed by atoms with Crippen LogP contribution in [-0.4, -0.2) is 5.11 Å². The van der Waals surface area contributed by atoms with Gasteiger partial charge in [-0.3, -0.25) is 0 Å². The summed E-state index contributed by atoms with van der Waals surface area (Å²) in [6.45, 7) is 0. The Labute approximate surface area is 107 Å². The Hall–Kier alpha value is -1.80. The summed E-state index contributed by atoms with van der Waals surface area (Å²) >= 11 is 0. The van der Waals surface area contributed by atoms with Gasteiger partial charge in [0.15, 0.2) is 0 Å². The van der Waals surface area contributed by atoms with Crippen LogP contribution >= 0.6 is 0 Å². The lowest BCUT2D eigenvalue weighted by molar-refractivity contribution is 0.152. The highest BCUT2D eigenvalue weighted by Gasteiger charge is 2.44. The Morgan fingerprint density at radius 2 is 1.67 bits per heavy atom. The second-order valence-corrected chi connectivity index (χ2v) is 4.99. The molecule has 0 amide bonds. The Bertz CT molecular complexity index is 538. The standard InChI is InChI=1S/C16H17NO/c17-15-9-5-4-8-12(15)16(18)14-10-13(14)11-6-2-1-3-7-11/h1-9,13-14,16,18H,10,17H2. The molecule has 2 heteroatoms. The van der Waals surface area contributed by atoms with Crippen molar-refractivity contribution in [2.24, 2.45) is 5.92 Å². The summed E-state index contributed by atoms with van der Waals surface area (Å²) in [7, 11) is 0. The Kier molecular flexibility index (Phi) is 2.80. The summed E-state index contributed by atoms with van der Waals surface area (Å²) in [6, 6.07) is 18.0. The van der Waals surface area contributed by atoms with Gasteiger partial charge in [-0.1, -0.05) is 48.5 Å². The van der Waals surface area contributed by atoms with Gasteiger partial charge < -0.3 is 10.8 Å². The van der Waals surface area contributed by atoms with Crippen molar-refractivity contribution in [1.29, 1.82) is 0 Å². The lowest BCUT2D eigenvalue weighted by Gasteiger charge is -2.13. The number of nitrogen functional groups attached to an aromatic ring is 1. The SMILES string of the molecule is Nc1ccccc1C(O)C1CC1c1ccccc1. The summed E-state index contributed by atoms with van der Waals surface area (Å²) < 4.78 is 0. The molecule has 3 N–H and O–H groups in total. The quantitative estimate of drug-likeness (QED) is 0.808. The largest absolute Gasteiger partial charge is 0.398 e. The van der Waals surface area contributed by atoms with Crippen LogP contribution in [0.1, 0.15) is 29.6 Å². The smallest absolute Gasteiger partial charge is 0.0844 e. The maximum absolute atomic E-state index is 10.4. The molecule has 2 aromatic rings. The molecule has 0 bridgehead atoms. The molecule has 1 aliphatic rings. The first-order valence-electron chi connectivity index (χ1n) is 6.35. The molecule has 2 aromatic carbocycles. The fraction of sp³-hybridized carbons (Fsp3) is 0.250. The Morgan fingerprint density at radius 3 is 2.39 bits per heavy atom. The van der Waals surface area contributed by atoms with Gasteiger partial charge in [0, 0.05) is 11.3 Å². The Morgan fingerprint density at radius 1 is 1.00 bits per heavy atom. The van der Waals surface area contributed by atoms with Crippen LogP contribution in [-0.2, 0) is 0 Å². The van der Waals surface area contributed by atoms with E-state index < -0.39 is 6.10 Å². The summed E-state index contributed by atoms with van der Waals surface area (Å²) in [5.41, 5.74) is 8.77. The molecule has 0 radical (unpaired) electrons. The molecule has 0 aromatic heterocycles. The highest BCUT2D eigenvalue weighted by Crippen LogP contribution is 2.54. The lowest BCUT2D eigenvalue weighted by atomic mass is 10.00. The fourth-order valence-corrected chi connectivity index (χ4v) is 2.66. The molecule has 3 rings (SSSR count). The number of aliphatic hydroxyl groups is 1. The highest BCUT2D eigenvalue weighted by atomic mass is 16.3. The van der Waals surface area contributed by atoms with Crippen molar-refractivity contribution < 1.29 is 5.11 Å². The summed E-state index contributed by atoms with van der Waals surface area (Å²) in [4.78, 5) is 0. The average Bonchev–Trinajstić information content (AvgIpc) is 3.20. The van der Waals surface area contributed by atoms with E-state index in [1.165, 1.54) is 5.56 Å². The number of anilines is 1. The zero-order valence-corrected chi connectivity index (χ0v) is 10.2. The second-order valence-electron chi connectivity index (χ2n) is 4.99. The summed E-state index contributed by atoms with van der Waals surface area (Å²) in [5, 5.41) is 10.4. The van der Waals surface area contributed by atoms with Crippen molar-refractivity contribution in [2.75, 3.05) is 5.73 Å². The van der Waals surface area contributed by atoms with Crippen molar-refractivity contribution in [3.8, 4) is 0 Å². The van der Waals surface area contributed by atoms with E-state index >= 15 is 0 Å². The number of para-hydroxylation sites is 1. The predicted octanol–water partition coefficient (Wildman–Crippen LogP) is 3.11. The molecule has 3 atom stereocenters. The summed E-state index contributed by atoms with van der Waals surface area (Å²) in [6.07, 6.45) is 0.593. The molecule has 1 saturated carbocycles. The molecule has 1 fully saturated rings. The van der Waals surface area contributed by atoms with E-state index in [1.807, 2.05) is 42.5 Å². The van der Waals surface area contributed by atoms with Crippen molar-refractivity contribution in [1.82, 2.24) is 0 Å². The molecule has 18 heavy (non-hydrogen) atoms. The minimum Gasteiger partial charge on any atom is -0.398 e. The second kappa shape index (κ2) is 4.46. The van der Waals surface area contributed by atoms with Crippen LogP contribution in [0.4, 0.5) is 5.69 Å². The third-order valence-electron chi connectivity index (χ3n) is 3.79. The lowest BCUT2D eigenvalue weighted by Crippen LogP contribution is -2.04. The number of benzene rings is 2. The van der Waals surface area contributed by atoms with E-state index in [0.29, 0.717) is 17.5 Å². The predicted molar refractivity (Wildman–Crippen MR) is 73.1 cm³/mol. The van der Waals surface area contributed by atoms with Gasteiger partial charge in [0.2, 0.25) is 0 Å². The maximum Gasteiger partial charge on any atom is 0.0844 e. The van der Waals surface area contributed by atoms with E-state index in [2.05, 4.69) is 12.1 Å². The van der Waals surface area contributed by atoms with Crippen LogP contribution in [0.15, 0.2) is 54.6 Å².